The standard InChI is InChI=1S/C28H30Cl3N7O2/c1-15(2)24-23-26(38(35-24)25-19(30)12-17(29)13-20(25)31)33-22(34-28(23)40)11-16-5-7-18(8-6-16)32-27(39)21-14-36(3)9-10-37(21)4/h5-8,12-13,15,21,35H,9-11,14H2,1-4H3,(H,32,39). The third-order valence-corrected chi connectivity index (χ3v) is 7.93. The average molecular weight is 603 g/mol. The summed E-state index contributed by atoms with van der Waals surface area (Å²) in [4.78, 5) is 39.4. The second-order valence-electron chi connectivity index (χ2n) is 10.5. The highest BCUT2D eigenvalue weighted by atomic mass is 35.5. The molecule has 0 radical (unpaired) electrons. The van der Waals surface area contributed by atoms with E-state index < -0.39 is 0 Å². The zero-order valence-corrected chi connectivity index (χ0v) is 24.9. The van der Waals surface area contributed by atoms with E-state index in [9.17, 15) is 9.59 Å². The molecule has 40 heavy (non-hydrogen) atoms. The molecule has 2 aromatic carbocycles. The van der Waals surface area contributed by atoms with E-state index in [0.29, 0.717) is 62.3 Å². The average Bonchev–Trinajstić information content (AvgIpc) is 3.26. The fraction of sp³-hybridized carbons (Fsp3) is 0.357. The highest BCUT2D eigenvalue weighted by Crippen LogP contribution is 2.36. The maximum atomic E-state index is 13.2. The van der Waals surface area contributed by atoms with Crippen LogP contribution < -0.4 is 10.9 Å². The Labute approximate surface area is 247 Å². The van der Waals surface area contributed by atoms with Crippen molar-refractivity contribution in [1.82, 2.24) is 29.5 Å². The second-order valence-corrected chi connectivity index (χ2v) is 11.7. The van der Waals surface area contributed by atoms with Crippen LogP contribution in [0.4, 0.5) is 5.69 Å². The lowest BCUT2D eigenvalue weighted by Crippen LogP contribution is -2.55. The predicted octanol–water partition coefficient (Wildman–Crippen LogP) is 4.92. The molecule has 5 rings (SSSR count). The molecule has 1 atom stereocenters. The van der Waals surface area contributed by atoms with Crippen LogP contribution in [0.15, 0.2) is 41.2 Å². The van der Waals surface area contributed by atoms with Crippen LogP contribution in [0.2, 0.25) is 15.1 Å². The maximum Gasteiger partial charge on any atom is 0.284 e. The Balaban J connectivity index is 1.43. The molecule has 3 aliphatic rings. The summed E-state index contributed by atoms with van der Waals surface area (Å²) in [5, 5.41) is 7.30. The smallest absolute Gasteiger partial charge is 0.284 e. The number of hydrogen-bond acceptors (Lipinski definition) is 6. The molecule has 2 N–H and O–H groups in total. The van der Waals surface area contributed by atoms with E-state index in [4.69, 9.17) is 39.8 Å². The van der Waals surface area contributed by atoms with Crippen LogP contribution in [0, 0.1) is 0 Å². The first-order chi connectivity index (χ1) is 19.0. The number of carbonyl (C=O) groups is 1. The van der Waals surface area contributed by atoms with Crippen molar-refractivity contribution in [1.29, 1.82) is 0 Å². The van der Waals surface area contributed by atoms with Crippen LogP contribution in [-0.2, 0) is 11.2 Å². The SMILES string of the molecule is CC(C)c1[nH]n(-c2c(Cl)cc(Cl)cc2Cl)c2nc(Cc3ccc(NC(=O)C4CN(C)CCN4C)cc3)nc(=O)c1-2. The van der Waals surface area contributed by atoms with E-state index in [1.54, 1.807) is 16.8 Å². The van der Waals surface area contributed by atoms with Crippen molar-refractivity contribution in [3.05, 3.63) is 78.9 Å². The third-order valence-electron chi connectivity index (χ3n) is 7.14. The number of piperazine rings is 1. The van der Waals surface area contributed by atoms with Gasteiger partial charge in [0.25, 0.3) is 5.56 Å². The molecule has 1 saturated heterocycles. The Bertz CT molecular complexity index is 1560. The number of nitrogens with one attached hydrogen (secondary N) is 2. The molecular formula is C28H30Cl3N7O2. The molecule has 1 fully saturated rings. The third kappa shape index (κ3) is 5.75. The van der Waals surface area contributed by atoms with Gasteiger partial charge < -0.3 is 10.2 Å². The van der Waals surface area contributed by atoms with E-state index in [1.165, 1.54) is 0 Å². The summed E-state index contributed by atoms with van der Waals surface area (Å²) in [5.41, 5.74) is 2.73. The Morgan fingerprint density at radius 2 is 1.75 bits per heavy atom. The summed E-state index contributed by atoms with van der Waals surface area (Å²) >= 11 is 19.2. The van der Waals surface area contributed by atoms with Crippen molar-refractivity contribution in [3.63, 3.8) is 0 Å². The van der Waals surface area contributed by atoms with Crippen molar-refractivity contribution in [3.8, 4) is 17.1 Å². The highest BCUT2D eigenvalue weighted by Gasteiger charge is 2.29. The van der Waals surface area contributed by atoms with Crippen LogP contribution in [0.25, 0.3) is 17.1 Å². The van der Waals surface area contributed by atoms with Gasteiger partial charge in [-0.1, -0.05) is 60.8 Å². The first-order valence-electron chi connectivity index (χ1n) is 13.0. The predicted molar refractivity (Wildman–Crippen MR) is 160 cm³/mol. The summed E-state index contributed by atoms with van der Waals surface area (Å²) in [6.45, 7) is 6.41. The van der Waals surface area contributed by atoms with Crippen LogP contribution >= 0.6 is 34.8 Å². The van der Waals surface area contributed by atoms with Crippen LogP contribution in [0.1, 0.15) is 36.8 Å². The number of halogens is 3. The lowest BCUT2D eigenvalue weighted by Gasteiger charge is -2.36. The van der Waals surface area contributed by atoms with Crippen molar-refractivity contribution >= 4 is 46.4 Å². The van der Waals surface area contributed by atoms with E-state index in [0.717, 1.165) is 18.7 Å². The fourth-order valence-corrected chi connectivity index (χ4v) is 5.90. The molecule has 0 aliphatic carbocycles. The molecule has 9 nitrogen and oxygen atoms in total. The summed E-state index contributed by atoms with van der Waals surface area (Å²) in [5.74, 6) is 0.692. The van der Waals surface area contributed by atoms with Gasteiger partial charge in [-0.15, -0.1) is 0 Å². The van der Waals surface area contributed by atoms with Gasteiger partial charge in [0.2, 0.25) is 5.91 Å². The Hall–Kier alpha value is -2.95. The molecular weight excluding hydrogens is 573 g/mol. The van der Waals surface area contributed by atoms with Crippen molar-refractivity contribution in [2.24, 2.45) is 0 Å². The van der Waals surface area contributed by atoms with E-state index in [-0.39, 0.29) is 23.4 Å². The fourth-order valence-electron chi connectivity index (χ4n) is 4.91. The largest absolute Gasteiger partial charge is 0.325 e. The zero-order valence-electron chi connectivity index (χ0n) is 22.6. The number of fused-ring (bicyclic) bond motifs is 1. The van der Waals surface area contributed by atoms with Crippen LogP contribution in [0.5, 0.6) is 0 Å². The number of aromatic nitrogens is 4. The minimum atomic E-state index is -0.384. The van der Waals surface area contributed by atoms with E-state index >= 15 is 0 Å². The topological polar surface area (TPSA) is 99.2 Å². The summed E-state index contributed by atoms with van der Waals surface area (Å²) in [6.07, 6.45) is 0.319. The molecule has 3 aliphatic heterocycles. The molecule has 2 aromatic rings. The zero-order chi connectivity index (χ0) is 28.7. The van der Waals surface area contributed by atoms with E-state index in [2.05, 4.69) is 25.2 Å². The van der Waals surface area contributed by atoms with Crippen LogP contribution in [-0.4, -0.2) is 75.2 Å². The molecule has 0 bridgehead atoms. The molecule has 1 unspecified atom stereocenters. The Kier molecular flexibility index (Phi) is 8.22. The Morgan fingerprint density at radius 3 is 2.40 bits per heavy atom. The number of carbonyl (C=O) groups excluding carboxylic acids is 1. The second kappa shape index (κ2) is 11.5. The quantitative estimate of drug-likeness (QED) is 0.325. The van der Waals surface area contributed by atoms with Gasteiger partial charge in [-0.2, -0.15) is 4.98 Å². The molecule has 0 aromatic heterocycles. The number of likely N-dealkylation sites (N-methyl/N-ethyl adjacent to an activating group) is 2. The number of H-pyrrole nitrogens is 1. The number of hydrogen-bond donors (Lipinski definition) is 2. The number of benzene rings is 2. The maximum absolute atomic E-state index is 13.2. The first-order valence-corrected chi connectivity index (χ1v) is 14.1. The minimum Gasteiger partial charge on any atom is -0.325 e. The lowest BCUT2D eigenvalue weighted by molar-refractivity contribution is -0.122. The van der Waals surface area contributed by atoms with E-state index in [1.807, 2.05) is 52.2 Å². The van der Waals surface area contributed by atoms with Crippen molar-refractivity contribution in [2.45, 2.75) is 32.2 Å². The summed E-state index contributed by atoms with van der Waals surface area (Å²) < 4.78 is 1.62. The van der Waals surface area contributed by atoms with Crippen molar-refractivity contribution in [2.75, 3.05) is 39.0 Å². The summed E-state index contributed by atoms with van der Waals surface area (Å²) in [6, 6.07) is 10.4. The molecule has 0 saturated carbocycles. The van der Waals surface area contributed by atoms with Gasteiger partial charge in [-0.3, -0.25) is 19.6 Å². The number of nitrogens with zero attached hydrogens (tertiary/aromatic N) is 5. The Morgan fingerprint density at radius 1 is 1.07 bits per heavy atom. The van der Waals surface area contributed by atoms with Gasteiger partial charge in [0.15, 0.2) is 5.82 Å². The number of amides is 1. The van der Waals surface area contributed by atoms with Gasteiger partial charge in [0, 0.05) is 36.8 Å². The van der Waals surface area contributed by atoms with Gasteiger partial charge in [0.05, 0.1) is 15.7 Å². The van der Waals surface area contributed by atoms with Crippen molar-refractivity contribution < 1.29 is 4.79 Å². The monoisotopic (exact) mass is 601 g/mol. The highest BCUT2D eigenvalue weighted by molar-refractivity contribution is 6.40. The molecule has 1 amide bonds. The van der Waals surface area contributed by atoms with Gasteiger partial charge in [-0.25, -0.2) is 9.67 Å². The molecule has 12 heteroatoms. The van der Waals surface area contributed by atoms with Gasteiger partial charge >= 0.3 is 0 Å². The van der Waals surface area contributed by atoms with Crippen LogP contribution in [0.3, 0.4) is 0 Å². The lowest BCUT2D eigenvalue weighted by atomic mass is 10.1. The van der Waals surface area contributed by atoms with Gasteiger partial charge in [0.1, 0.15) is 23.1 Å². The minimum absolute atomic E-state index is 0.00713. The number of aromatic amines is 1. The molecule has 3 heterocycles. The number of rotatable bonds is 6. The first kappa shape index (κ1) is 28.6. The van der Waals surface area contributed by atoms with Gasteiger partial charge in [-0.05, 0) is 49.8 Å². The molecule has 210 valence electrons. The molecule has 0 spiro atoms. The number of anilines is 1. The summed E-state index contributed by atoms with van der Waals surface area (Å²) in [7, 11) is 3.99. The normalized spacial score (nSPS) is 16.6.